The van der Waals surface area contributed by atoms with Crippen LogP contribution in [0.25, 0.3) is 0 Å². The molecule has 2 aromatic rings. The summed E-state index contributed by atoms with van der Waals surface area (Å²) in [5, 5.41) is 4.27. The Morgan fingerprint density at radius 2 is 2.21 bits per heavy atom. The lowest BCUT2D eigenvalue weighted by atomic mass is 10.1. The van der Waals surface area contributed by atoms with E-state index >= 15 is 0 Å². The van der Waals surface area contributed by atoms with Crippen molar-refractivity contribution in [1.29, 1.82) is 0 Å². The Balaban J connectivity index is 2.06. The molecule has 74 valence electrons. The van der Waals surface area contributed by atoms with Gasteiger partial charge in [0.2, 0.25) is 0 Å². The van der Waals surface area contributed by atoms with Crippen molar-refractivity contribution in [3.05, 3.63) is 44.3 Å². The predicted octanol–water partition coefficient (Wildman–Crippen LogP) is 3.36. The molecule has 0 fully saturated rings. The summed E-state index contributed by atoms with van der Waals surface area (Å²) in [6.07, 6.45) is 0.948. The zero-order chi connectivity index (χ0) is 9.97. The minimum atomic E-state index is 0.156. The third kappa shape index (κ3) is 2.23. The van der Waals surface area contributed by atoms with Crippen molar-refractivity contribution in [3.8, 4) is 0 Å². The van der Waals surface area contributed by atoms with E-state index in [1.54, 1.807) is 22.7 Å². The van der Waals surface area contributed by atoms with Gasteiger partial charge < -0.3 is 5.73 Å². The summed E-state index contributed by atoms with van der Waals surface area (Å²) in [7, 11) is 0. The molecule has 1 atom stereocenters. The molecule has 0 aliphatic carbocycles. The summed E-state index contributed by atoms with van der Waals surface area (Å²) >= 11 is 3.53. The highest BCUT2D eigenvalue weighted by atomic mass is 32.1. The zero-order valence-corrected chi connectivity index (χ0v) is 9.70. The smallest absolute Gasteiger partial charge is 0.0431 e. The van der Waals surface area contributed by atoms with Crippen LogP contribution in [0, 0.1) is 6.92 Å². The quantitative estimate of drug-likeness (QED) is 0.848. The topological polar surface area (TPSA) is 26.0 Å². The molecule has 0 radical (unpaired) electrons. The highest BCUT2D eigenvalue weighted by Gasteiger charge is 2.08. The molecule has 2 heterocycles. The third-order valence-corrected chi connectivity index (χ3v) is 4.03. The summed E-state index contributed by atoms with van der Waals surface area (Å²) in [5.41, 5.74) is 7.46. The monoisotopic (exact) mass is 223 g/mol. The summed E-state index contributed by atoms with van der Waals surface area (Å²) in [6, 6.07) is 6.57. The van der Waals surface area contributed by atoms with Gasteiger partial charge in [-0.15, -0.1) is 11.3 Å². The van der Waals surface area contributed by atoms with Crippen molar-refractivity contribution >= 4 is 22.7 Å². The predicted molar refractivity (Wildman–Crippen MR) is 64.0 cm³/mol. The molecule has 2 aromatic heterocycles. The van der Waals surface area contributed by atoms with Gasteiger partial charge in [0.05, 0.1) is 0 Å². The first-order chi connectivity index (χ1) is 6.75. The Morgan fingerprint density at radius 1 is 1.36 bits per heavy atom. The first kappa shape index (κ1) is 9.90. The highest BCUT2D eigenvalue weighted by Crippen LogP contribution is 2.24. The van der Waals surface area contributed by atoms with Gasteiger partial charge in [0.15, 0.2) is 0 Å². The van der Waals surface area contributed by atoms with Gasteiger partial charge in [-0.1, -0.05) is 0 Å². The summed E-state index contributed by atoms with van der Waals surface area (Å²) in [5.74, 6) is 0. The molecule has 2 N–H and O–H groups in total. The van der Waals surface area contributed by atoms with E-state index < -0.39 is 0 Å². The Kier molecular flexibility index (Phi) is 3.01. The van der Waals surface area contributed by atoms with Gasteiger partial charge >= 0.3 is 0 Å². The molecule has 14 heavy (non-hydrogen) atoms. The summed E-state index contributed by atoms with van der Waals surface area (Å²) < 4.78 is 0. The fraction of sp³-hybridized carbons (Fsp3) is 0.273. The number of hydrogen-bond acceptors (Lipinski definition) is 3. The van der Waals surface area contributed by atoms with Gasteiger partial charge in [0.25, 0.3) is 0 Å². The van der Waals surface area contributed by atoms with E-state index in [2.05, 4.69) is 35.9 Å². The molecule has 1 nitrogen and oxygen atoms in total. The molecule has 0 amide bonds. The van der Waals surface area contributed by atoms with Crippen LogP contribution < -0.4 is 5.73 Å². The van der Waals surface area contributed by atoms with Crippen LogP contribution in [0.1, 0.15) is 21.4 Å². The molecule has 1 unspecified atom stereocenters. The second-order valence-corrected chi connectivity index (χ2v) is 5.49. The van der Waals surface area contributed by atoms with E-state index in [4.69, 9.17) is 5.73 Å². The van der Waals surface area contributed by atoms with Gasteiger partial charge in [-0.05, 0) is 47.9 Å². The average Bonchev–Trinajstić information content (AvgIpc) is 2.75. The molecule has 0 aliphatic heterocycles. The maximum atomic E-state index is 6.11. The minimum Gasteiger partial charge on any atom is -0.323 e. The summed E-state index contributed by atoms with van der Waals surface area (Å²) in [6.45, 7) is 2.12. The molecule has 3 heteroatoms. The Labute approximate surface area is 92.2 Å². The normalized spacial score (nSPS) is 13.0. The van der Waals surface area contributed by atoms with E-state index in [1.165, 1.54) is 15.3 Å². The Hall–Kier alpha value is -0.640. The molecule has 0 bridgehead atoms. The SMILES string of the molecule is Cc1ccc(C(N)Cc2ccsc2)s1. The molecule has 2 rings (SSSR count). The van der Waals surface area contributed by atoms with Crippen molar-refractivity contribution in [2.75, 3.05) is 0 Å². The van der Waals surface area contributed by atoms with Crippen LogP contribution in [-0.4, -0.2) is 0 Å². The number of thiophene rings is 2. The van der Waals surface area contributed by atoms with Crippen LogP contribution >= 0.6 is 22.7 Å². The van der Waals surface area contributed by atoms with Gasteiger partial charge in [0, 0.05) is 15.8 Å². The van der Waals surface area contributed by atoms with E-state index in [0.717, 1.165) is 6.42 Å². The van der Waals surface area contributed by atoms with Crippen LogP contribution in [0.4, 0.5) is 0 Å². The zero-order valence-electron chi connectivity index (χ0n) is 8.07. The molecular formula is C11H13NS2. The lowest BCUT2D eigenvalue weighted by molar-refractivity contribution is 0.738. The third-order valence-electron chi connectivity index (χ3n) is 2.16. The van der Waals surface area contributed by atoms with Gasteiger partial charge in [-0.25, -0.2) is 0 Å². The molecular weight excluding hydrogens is 210 g/mol. The number of nitrogens with two attached hydrogens (primary N) is 1. The van der Waals surface area contributed by atoms with Crippen LogP contribution in [0.15, 0.2) is 29.0 Å². The van der Waals surface area contributed by atoms with E-state index in [-0.39, 0.29) is 6.04 Å². The number of aryl methyl sites for hydroxylation is 1. The van der Waals surface area contributed by atoms with E-state index in [9.17, 15) is 0 Å². The largest absolute Gasteiger partial charge is 0.323 e. The molecule has 0 saturated carbocycles. The first-order valence-electron chi connectivity index (χ1n) is 4.58. The molecule has 0 aromatic carbocycles. The number of rotatable bonds is 3. The fourth-order valence-electron chi connectivity index (χ4n) is 1.42. The number of hydrogen-bond donors (Lipinski definition) is 1. The Bertz CT molecular complexity index is 389. The van der Waals surface area contributed by atoms with Gasteiger partial charge in [-0.2, -0.15) is 11.3 Å². The lowest BCUT2D eigenvalue weighted by Crippen LogP contribution is -2.11. The summed E-state index contributed by atoms with van der Waals surface area (Å²) in [4.78, 5) is 2.62. The molecule has 0 aliphatic rings. The highest BCUT2D eigenvalue weighted by molar-refractivity contribution is 7.12. The second-order valence-electron chi connectivity index (χ2n) is 3.39. The van der Waals surface area contributed by atoms with E-state index in [0.29, 0.717) is 0 Å². The molecule has 0 saturated heterocycles. The second kappa shape index (κ2) is 4.26. The standard InChI is InChI=1S/C11H13NS2/c1-8-2-3-11(14-8)10(12)6-9-4-5-13-7-9/h2-5,7,10H,6,12H2,1H3. The average molecular weight is 223 g/mol. The maximum Gasteiger partial charge on any atom is 0.0431 e. The Morgan fingerprint density at radius 3 is 2.79 bits per heavy atom. The van der Waals surface area contributed by atoms with Crippen LogP contribution in [-0.2, 0) is 6.42 Å². The van der Waals surface area contributed by atoms with Gasteiger partial charge in [0.1, 0.15) is 0 Å². The lowest BCUT2D eigenvalue weighted by Gasteiger charge is -2.07. The van der Waals surface area contributed by atoms with Crippen molar-refractivity contribution in [1.82, 2.24) is 0 Å². The van der Waals surface area contributed by atoms with Gasteiger partial charge in [-0.3, -0.25) is 0 Å². The molecule has 0 spiro atoms. The fourth-order valence-corrected chi connectivity index (χ4v) is 2.98. The van der Waals surface area contributed by atoms with Crippen LogP contribution in [0.5, 0.6) is 0 Å². The van der Waals surface area contributed by atoms with Crippen molar-refractivity contribution in [2.24, 2.45) is 5.73 Å². The van der Waals surface area contributed by atoms with Crippen molar-refractivity contribution < 1.29 is 0 Å². The van der Waals surface area contributed by atoms with Crippen molar-refractivity contribution in [2.45, 2.75) is 19.4 Å². The van der Waals surface area contributed by atoms with Crippen LogP contribution in [0.3, 0.4) is 0 Å². The first-order valence-corrected chi connectivity index (χ1v) is 6.34. The van der Waals surface area contributed by atoms with Crippen molar-refractivity contribution in [3.63, 3.8) is 0 Å². The minimum absolute atomic E-state index is 0.156. The maximum absolute atomic E-state index is 6.11. The van der Waals surface area contributed by atoms with E-state index in [1.807, 2.05) is 0 Å². The van der Waals surface area contributed by atoms with Crippen LogP contribution in [0.2, 0.25) is 0 Å².